The maximum Gasteiger partial charge on any atom is 0.146 e. The summed E-state index contributed by atoms with van der Waals surface area (Å²) < 4.78 is 13.7. The zero-order chi connectivity index (χ0) is 14.4. The van der Waals surface area contributed by atoms with Gasteiger partial charge in [-0.05, 0) is 43.2 Å². The lowest BCUT2D eigenvalue weighted by Crippen LogP contribution is -2.47. The van der Waals surface area contributed by atoms with E-state index in [9.17, 15) is 4.39 Å². The number of nitrogens with zero attached hydrogens (tertiary/aromatic N) is 2. The third kappa shape index (κ3) is 4.38. The summed E-state index contributed by atoms with van der Waals surface area (Å²) >= 11 is 4.29. The summed E-state index contributed by atoms with van der Waals surface area (Å²) in [4.78, 5) is 4.65. The van der Waals surface area contributed by atoms with Crippen LogP contribution in [0, 0.1) is 11.7 Å². The molecule has 1 saturated heterocycles. The highest BCUT2D eigenvalue weighted by Gasteiger charge is 2.19. The highest BCUT2D eigenvalue weighted by atomic mass is 32.1. The van der Waals surface area contributed by atoms with Gasteiger partial charge >= 0.3 is 0 Å². The van der Waals surface area contributed by atoms with Gasteiger partial charge in [0.15, 0.2) is 0 Å². The normalized spacial score (nSPS) is 18.2. The summed E-state index contributed by atoms with van der Waals surface area (Å²) in [5.74, 6) is 1.61. The summed E-state index contributed by atoms with van der Waals surface area (Å²) in [6.45, 7) is 7.35. The first-order chi connectivity index (χ1) is 9.70. The molecule has 1 fully saturated rings. The molecule has 0 spiro atoms. The Hall–Kier alpha value is -0.740. The van der Waals surface area contributed by atoms with Gasteiger partial charge in [0.25, 0.3) is 0 Å². The van der Waals surface area contributed by atoms with E-state index in [2.05, 4.69) is 29.4 Å². The standard InChI is InChI=1S/C16H25FN2S/c1-14(7-13-20)6-8-18-9-11-19(12-10-18)16-5-3-2-4-15(16)17/h2-5,14,20H,6-13H2,1H3. The van der Waals surface area contributed by atoms with E-state index in [1.807, 2.05) is 12.1 Å². The lowest BCUT2D eigenvalue weighted by Gasteiger charge is -2.36. The molecule has 0 radical (unpaired) electrons. The minimum absolute atomic E-state index is 0.108. The van der Waals surface area contributed by atoms with Crippen molar-refractivity contribution < 1.29 is 4.39 Å². The van der Waals surface area contributed by atoms with E-state index in [4.69, 9.17) is 0 Å². The summed E-state index contributed by atoms with van der Waals surface area (Å²) in [6.07, 6.45) is 2.43. The average Bonchev–Trinajstić information content (AvgIpc) is 2.47. The molecular formula is C16H25FN2S. The van der Waals surface area contributed by atoms with Gasteiger partial charge in [0, 0.05) is 26.2 Å². The lowest BCUT2D eigenvalue weighted by atomic mass is 10.0. The summed E-state index contributed by atoms with van der Waals surface area (Å²) in [5.41, 5.74) is 0.746. The maximum atomic E-state index is 13.7. The van der Waals surface area contributed by atoms with Crippen LogP contribution in [0.2, 0.25) is 0 Å². The van der Waals surface area contributed by atoms with Gasteiger partial charge in [0.05, 0.1) is 5.69 Å². The van der Waals surface area contributed by atoms with E-state index in [0.717, 1.165) is 50.1 Å². The van der Waals surface area contributed by atoms with Crippen LogP contribution in [0.4, 0.5) is 10.1 Å². The van der Waals surface area contributed by atoms with Crippen molar-refractivity contribution >= 4 is 18.3 Å². The van der Waals surface area contributed by atoms with Gasteiger partial charge in [-0.3, -0.25) is 4.90 Å². The fraction of sp³-hybridized carbons (Fsp3) is 0.625. The predicted molar refractivity (Wildman–Crippen MR) is 87.3 cm³/mol. The molecule has 0 bridgehead atoms. The highest BCUT2D eigenvalue weighted by Crippen LogP contribution is 2.20. The number of rotatable bonds is 6. The van der Waals surface area contributed by atoms with Crippen molar-refractivity contribution in [1.82, 2.24) is 4.90 Å². The minimum atomic E-state index is -0.108. The van der Waals surface area contributed by atoms with Gasteiger partial charge in [0.2, 0.25) is 0 Å². The second kappa shape index (κ2) is 7.89. The Bertz CT molecular complexity index is 405. The van der Waals surface area contributed by atoms with Crippen molar-refractivity contribution in [1.29, 1.82) is 0 Å². The first-order valence-corrected chi connectivity index (χ1v) is 8.16. The van der Waals surface area contributed by atoms with E-state index in [1.165, 1.54) is 12.8 Å². The second-order valence-electron chi connectivity index (χ2n) is 5.69. The molecule has 0 aromatic heterocycles. The smallest absolute Gasteiger partial charge is 0.146 e. The molecule has 0 saturated carbocycles. The van der Waals surface area contributed by atoms with Crippen LogP contribution in [-0.2, 0) is 0 Å². The molecule has 0 N–H and O–H groups in total. The molecule has 0 aliphatic carbocycles. The molecule has 1 heterocycles. The van der Waals surface area contributed by atoms with Crippen molar-refractivity contribution in [2.75, 3.05) is 43.4 Å². The van der Waals surface area contributed by atoms with Crippen molar-refractivity contribution in [2.45, 2.75) is 19.8 Å². The highest BCUT2D eigenvalue weighted by molar-refractivity contribution is 7.80. The van der Waals surface area contributed by atoms with E-state index >= 15 is 0 Å². The molecule has 1 unspecified atom stereocenters. The Balaban J connectivity index is 1.77. The molecular weight excluding hydrogens is 271 g/mol. The van der Waals surface area contributed by atoms with Crippen molar-refractivity contribution in [2.24, 2.45) is 5.92 Å². The zero-order valence-corrected chi connectivity index (χ0v) is 13.2. The third-order valence-electron chi connectivity index (χ3n) is 4.13. The van der Waals surface area contributed by atoms with Crippen LogP contribution in [0.5, 0.6) is 0 Å². The molecule has 1 aromatic carbocycles. The average molecular weight is 296 g/mol. The van der Waals surface area contributed by atoms with Crippen molar-refractivity contribution in [3.05, 3.63) is 30.1 Å². The van der Waals surface area contributed by atoms with E-state index in [0.29, 0.717) is 0 Å². The zero-order valence-electron chi connectivity index (χ0n) is 12.3. The van der Waals surface area contributed by atoms with Gasteiger partial charge in [0.1, 0.15) is 5.82 Å². The first kappa shape index (κ1) is 15.6. The van der Waals surface area contributed by atoms with Crippen LogP contribution in [0.15, 0.2) is 24.3 Å². The monoisotopic (exact) mass is 296 g/mol. The third-order valence-corrected chi connectivity index (χ3v) is 4.38. The van der Waals surface area contributed by atoms with Crippen LogP contribution in [-0.4, -0.2) is 43.4 Å². The number of anilines is 1. The van der Waals surface area contributed by atoms with Gasteiger partial charge < -0.3 is 4.90 Å². The Morgan fingerprint density at radius 1 is 1.15 bits per heavy atom. The molecule has 20 heavy (non-hydrogen) atoms. The number of thiol groups is 1. The maximum absolute atomic E-state index is 13.7. The summed E-state index contributed by atoms with van der Waals surface area (Å²) in [6, 6.07) is 7.07. The van der Waals surface area contributed by atoms with Crippen molar-refractivity contribution in [3.63, 3.8) is 0 Å². The van der Waals surface area contributed by atoms with Crippen LogP contribution in [0.1, 0.15) is 19.8 Å². The molecule has 1 aliphatic heterocycles. The van der Waals surface area contributed by atoms with Crippen molar-refractivity contribution in [3.8, 4) is 0 Å². The molecule has 2 nitrogen and oxygen atoms in total. The van der Waals surface area contributed by atoms with E-state index in [1.54, 1.807) is 12.1 Å². The minimum Gasteiger partial charge on any atom is -0.367 e. The van der Waals surface area contributed by atoms with Crippen LogP contribution in [0.3, 0.4) is 0 Å². The molecule has 4 heteroatoms. The van der Waals surface area contributed by atoms with Crippen LogP contribution in [0.25, 0.3) is 0 Å². The molecule has 2 rings (SSSR count). The fourth-order valence-corrected chi connectivity index (χ4v) is 3.13. The quantitative estimate of drug-likeness (QED) is 0.805. The SMILES string of the molecule is CC(CCS)CCN1CCN(c2ccccc2F)CC1. The van der Waals surface area contributed by atoms with Gasteiger partial charge in [-0.25, -0.2) is 4.39 Å². The van der Waals surface area contributed by atoms with E-state index in [-0.39, 0.29) is 5.82 Å². The molecule has 1 aliphatic rings. The van der Waals surface area contributed by atoms with E-state index < -0.39 is 0 Å². The Morgan fingerprint density at radius 2 is 1.85 bits per heavy atom. The number of hydrogen-bond acceptors (Lipinski definition) is 3. The number of para-hydroxylation sites is 1. The van der Waals surface area contributed by atoms with Gasteiger partial charge in [-0.1, -0.05) is 19.1 Å². The molecule has 1 atom stereocenters. The molecule has 0 amide bonds. The topological polar surface area (TPSA) is 6.48 Å². The number of piperazine rings is 1. The first-order valence-electron chi connectivity index (χ1n) is 7.53. The molecule has 112 valence electrons. The number of halogens is 1. The van der Waals surface area contributed by atoms with Crippen LogP contribution >= 0.6 is 12.6 Å². The number of hydrogen-bond donors (Lipinski definition) is 1. The van der Waals surface area contributed by atoms with Gasteiger partial charge in [-0.15, -0.1) is 0 Å². The second-order valence-corrected chi connectivity index (χ2v) is 6.13. The largest absolute Gasteiger partial charge is 0.367 e. The predicted octanol–water partition coefficient (Wildman–Crippen LogP) is 3.29. The Kier molecular flexibility index (Phi) is 6.17. The van der Waals surface area contributed by atoms with Gasteiger partial charge in [-0.2, -0.15) is 12.6 Å². The Labute approximate surface area is 127 Å². The fourth-order valence-electron chi connectivity index (χ4n) is 2.69. The van der Waals surface area contributed by atoms with Crippen LogP contribution < -0.4 is 4.90 Å². The molecule has 1 aromatic rings. The summed E-state index contributed by atoms with van der Waals surface area (Å²) in [7, 11) is 0. The Morgan fingerprint density at radius 3 is 2.50 bits per heavy atom. The lowest BCUT2D eigenvalue weighted by molar-refractivity contribution is 0.239. The number of benzene rings is 1. The summed E-state index contributed by atoms with van der Waals surface area (Å²) in [5, 5.41) is 0.